The summed E-state index contributed by atoms with van der Waals surface area (Å²) in [5.41, 5.74) is 0.988. The van der Waals surface area contributed by atoms with Gasteiger partial charge in [-0.3, -0.25) is 0 Å². The molecule has 0 amide bonds. The van der Waals surface area contributed by atoms with Gasteiger partial charge in [-0.1, -0.05) is 5.16 Å². The Morgan fingerprint density at radius 2 is 2.58 bits per heavy atom. The maximum atomic E-state index is 4.73. The zero-order chi connectivity index (χ0) is 8.39. The third-order valence-corrected chi connectivity index (χ3v) is 2.43. The average Bonchev–Trinajstić information content (AvgIpc) is 2.80. The third kappa shape index (κ3) is 1.85. The van der Waals surface area contributed by atoms with E-state index in [1.807, 2.05) is 6.07 Å². The lowest BCUT2D eigenvalue weighted by Gasteiger charge is -2.10. The predicted octanol–water partition coefficient (Wildman–Crippen LogP) is 1.56. The number of nitrogens with one attached hydrogen (secondary N) is 1. The molecule has 1 aliphatic carbocycles. The van der Waals surface area contributed by atoms with Crippen molar-refractivity contribution in [3.05, 3.63) is 18.0 Å². The first kappa shape index (κ1) is 7.80. The number of rotatable bonds is 4. The minimum absolute atomic E-state index is 0.627. The van der Waals surface area contributed by atoms with E-state index in [2.05, 4.69) is 17.4 Å². The molecule has 3 nitrogen and oxygen atoms in total. The van der Waals surface area contributed by atoms with Crippen LogP contribution in [0.4, 0.5) is 0 Å². The molecule has 0 aliphatic heterocycles. The highest BCUT2D eigenvalue weighted by Crippen LogP contribution is 2.32. The van der Waals surface area contributed by atoms with Gasteiger partial charge in [0.15, 0.2) is 0 Å². The fourth-order valence-corrected chi connectivity index (χ4v) is 1.36. The second-order valence-electron chi connectivity index (χ2n) is 3.50. The summed E-state index contributed by atoms with van der Waals surface area (Å²) in [6.45, 7) is 3.06. The Labute approximate surface area is 72.1 Å². The van der Waals surface area contributed by atoms with Crippen molar-refractivity contribution >= 4 is 0 Å². The average molecular weight is 166 g/mol. The van der Waals surface area contributed by atoms with Gasteiger partial charge in [0, 0.05) is 18.7 Å². The van der Waals surface area contributed by atoms with E-state index >= 15 is 0 Å². The lowest BCUT2D eigenvalue weighted by molar-refractivity contribution is 0.402. The lowest BCUT2D eigenvalue weighted by atomic mass is 10.2. The summed E-state index contributed by atoms with van der Waals surface area (Å²) in [5, 5.41) is 7.25. The number of hydrogen-bond acceptors (Lipinski definition) is 3. The molecule has 1 saturated carbocycles. The van der Waals surface area contributed by atoms with Crippen LogP contribution < -0.4 is 5.32 Å². The van der Waals surface area contributed by atoms with E-state index in [9.17, 15) is 0 Å². The maximum absolute atomic E-state index is 4.73. The van der Waals surface area contributed by atoms with Crippen LogP contribution in [0.2, 0.25) is 0 Å². The SMILES string of the molecule is CC(NCc1ccon1)C1CC1. The summed E-state index contributed by atoms with van der Waals surface area (Å²) >= 11 is 0. The monoisotopic (exact) mass is 166 g/mol. The molecular formula is C9H14N2O. The highest BCUT2D eigenvalue weighted by Gasteiger charge is 2.27. The van der Waals surface area contributed by atoms with Gasteiger partial charge in [0.2, 0.25) is 0 Å². The zero-order valence-electron chi connectivity index (χ0n) is 7.29. The summed E-state index contributed by atoms with van der Waals surface area (Å²) in [6, 6.07) is 2.52. The summed E-state index contributed by atoms with van der Waals surface area (Å²) < 4.78 is 4.73. The van der Waals surface area contributed by atoms with Gasteiger partial charge in [0.25, 0.3) is 0 Å². The molecule has 0 saturated heterocycles. The second kappa shape index (κ2) is 3.27. The van der Waals surface area contributed by atoms with Crippen LogP contribution in [0, 0.1) is 5.92 Å². The van der Waals surface area contributed by atoms with E-state index in [1.54, 1.807) is 6.26 Å². The maximum Gasteiger partial charge on any atom is 0.124 e. The molecule has 1 aromatic heterocycles. The Kier molecular flexibility index (Phi) is 2.13. The number of hydrogen-bond donors (Lipinski definition) is 1. The normalized spacial score (nSPS) is 19.4. The van der Waals surface area contributed by atoms with Crippen molar-refractivity contribution in [3.8, 4) is 0 Å². The molecule has 3 heteroatoms. The predicted molar refractivity (Wildman–Crippen MR) is 45.5 cm³/mol. The van der Waals surface area contributed by atoms with Gasteiger partial charge in [0.05, 0.1) is 5.69 Å². The summed E-state index contributed by atoms with van der Waals surface area (Å²) in [5.74, 6) is 0.900. The summed E-state index contributed by atoms with van der Waals surface area (Å²) in [4.78, 5) is 0. The van der Waals surface area contributed by atoms with Crippen molar-refractivity contribution < 1.29 is 4.52 Å². The Morgan fingerprint density at radius 1 is 1.75 bits per heavy atom. The first-order valence-corrected chi connectivity index (χ1v) is 4.49. The van der Waals surface area contributed by atoms with Crippen molar-refractivity contribution in [2.24, 2.45) is 5.92 Å². The Morgan fingerprint density at radius 3 is 3.17 bits per heavy atom. The van der Waals surface area contributed by atoms with Crippen LogP contribution in [0.25, 0.3) is 0 Å². The standard InChI is InChI=1S/C9H14N2O/c1-7(8-2-3-8)10-6-9-4-5-12-11-9/h4-5,7-8,10H,2-3,6H2,1H3. The molecule has 0 spiro atoms. The van der Waals surface area contributed by atoms with Crippen LogP contribution >= 0.6 is 0 Å². The molecule has 1 aliphatic rings. The first-order chi connectivity index (χ1) is 5.86. The van der Waals surface area contributed by atoms with Crippen molar-refractivity contribution in [2.45, 2.75) is 32.4 Å². The van der Waals surface area contributed by atoms with E-state index < -0.39 is 0 Å². The molecule has 66 valence electrons. The van der Waals surface area contributed by atoms with Crippen molar-refractivity contribution in [1.29, 1.82) is 0 Å². The Bertz CT molecular complexity index is 229. The number of aromatic nitrogens is 1. The Hall–Kier alpha value is -0.830. The van der Waals surface area contributed by atoms with Gasteiger partial charge in [-0.2, -0.15) is 0 Å². The minimum Gasteiger partial charge on any atom is -0.364 e. The minimum atomic E-state index is 0.627. The quantitative estimate of drug-likeness (QED) is 0.737. The van der Waals surface area contributed by atoms with Crippen LogP contribution in [0.5, 0.6) is 0 Å². The van der Waals surface area contributed by atoms with Gasteiger partial charge >= 0.3 is 0 Å². The van der Waals surface area contributed by atoms with Gasteiger partial charge < -0.3 is 9.84 Å². The van der Waals surface area contributed by atoms with E-state index in [0.717, 1.165) is 18.2 Å². The lowest BCUT2D eigenvalue weighted by Crippen LogP contribution is -2.27. The zero-order valence-corrected chi connectivity index (χ0v) is 7.29. The molecule has 1 unspecified atom stereocenters. The molecule has 12 heavy (non-hydrogen) atoms. The molecule has 1 aromatic rings. The molecule has 1 N–H and O–H groups in total. The van der Waals surface area contributed by atoms with Crippen LogP contribution in [0.1, 0.15) is 25.5 Å². The molecule has 0 radical (unpaired) electrons. The highest BCUT2D eigenvalue weighted by atomic mass is 16.5. The smallest absolute Gasteiger partial charge is 0.124 e. The van der Waals surface area contributed by atoms with Gasteiger partial charge in [0.1, 0.15) is 6.26 Å². The molecular weight excluding hydrogens is 152 g/mol. The Balaban J connectivity index is 1.74. The van der Waals surface area contributed by atoms with Gasteiger partial charge in [-0.25, -0.2) is 0 Å². The van der Waals surface area contributed by atoms with Crippen molar-refractivity contribution in [3.63, 3.8) is 0 Å². The van der Waals surface area contributed by atoms with Crippen molar-refractivity contribution in [2.75, 3.05) is 0 Å². The third-order valence-electron chi connectivity index (χ3n) is 2.43. The van der Waals surface area contributed by atoms with Gasteiger partial charge in [-0.15, -0.1) is 0 Å². The van der Waals surface area contributed by atoms with E-state index in [1.165, 1.54) is 12.8 Å². The fourth-order valence-electron chi connectivity index (χ4n) is 1.36. The largest absolute Gasteiger partial charge is 0.364 e. The second-order valence-corrected chi connectivity index (χ2v) is 3.50. The van der Waals surface area contributed by atoms with Crippen LogP contribution in [0.3, 0.4) is 0 Å². The molecule has 0 bridgehead atoms. The summed E-state index contributed by atoms with van der Waals surface area (Å²) in [6.07, 6.45) is 4.37. The van der Waals surface area contributed by atoms with Gasteiger partial charge in [-0.05, 0) is 25.7 Å². The highest BCUT2D eigenvalue weighted by molar-refractivity contribution is 4.95. The first-order valence-electron chi connectivity index (χ1n) is 4.49. The number of nitrogens with zero attached hydrogens (tertiary/aromatic N) is 1. The fraction of sp³-hybridized carbons (Fsp3) is 0.667. The molecule has 0 aromatic carbocycles. The molecule has 1 atom stereocenters. The van der Waals surface area contributed by atoms with Crippen molar-refractivity contribution in [1.82, 2.24) is 10.5 Å². The van der Waals surface area contributed by atoms with Crippen LogP contribution in [-0.2, 0) is 6.54 Å². The van der Waals surface area contributed by atoms with E-state index in [-0.39, 0.29) is 0 Å². The molecule has 1 heterocycles. The molecule has 1 fully saturated rings. The molecule has 2 rings (SSSR count). The van der Waals surface area contributed by atoms with E-state index in [0.29, 0.717) is 6.04 Å². The van der Waals surface area contributed by atoms with Crippen LogP contribution in [0.15, 0.2) is 16.9 Å². The summed E-state index contributed by atoms with van der Waals surface area (Å²) in [7, 11) is 0. The topological polar surface area (TPSA) is 38.1 Å². The van der Waals surface area contributed by atoms with E-state index in [4.69, 9.17) is 4.52 Å². The van der Waals surface area contributed by atoms with Crippen LogP contribution in [-0.4, -0.2) is 11.2 Å².